The molecule has 2 saturated heterocycles. The molecule has 164 valence electrons. The Labute approximate surface area is 190 Å². The lowest BCUT2D eigenvalue weighted by Crippen LogP contribution is -2.64. The minimum Gasteiger partial charge on any atom is -0.371 e. The fourth-order valence-electron chi connectivity index (χ4n) is 5.30. The summed E-state index contributed by atoms with van der Waals surface area (Å²) in [5.74, 6) is 1.21. The van der Waals surface area contributed by atoms with Crippen LogP contribution in [0.15, 0.2) is 53.5 Å². The van der Waals surface area contributed by atoms with E-state index in [9.17, 15) is 0 Å². The van der Waals surface area contributed by atoms with Crippen LogP contribution in [0.2, 0.25) is 5.02 Å². The van der Waals surface area contributed by atoms with Gasteiger partial charge in [-0.3, -0.25) is 4.99 Å². The molecule has 3 aliphatic rings. The van der Waals surface area contributed by atoms with Gasteiger partial charge in [-0.2, -0.15) is 0 Å². The van der Waals surface area contributed by atoms with Crippen molar-refractivity contribution in [3.05, 3.63) is 59.1 Å². The van der Waals surface area contributed by atoms with Gasteiger partial charge in [0.05, 0.1) is 23.5 Å². The number of nitrogens with one attached hydrogen (secondary N) is 2. The summed E-state index contributed by atoms with van der Waals surface area (Å²) in [5, 5.41) is 8.26. The first-order valence-electron chi connectivity index (χ1n) is 11.5. The van der Waals surface area contributed by atoms with Crippen LogP contribution in [-0.4, -0.2) is 55.5 Å². The van der Waals surface area contributed by atoms with Crippen LogP contribution in [0.25, 0.3) is 0 Å². The Morgan fingerprint density at radius 3 is 2.61 bits per heavy atom. The van der Waals surface area contributed by atoms with Crippen molar-refractivity contribution in [2.75, 3.05) is 43.4 Å². The molecule has 2 fully saturated rings. The third kappa shape index (κ3) is 4.19. The molecule has 0 bridgehead atoms. The molecule has 2 aromatic rings. The van der Waals surface area contributed by atoms with Crippen LogP contribution >= 0.6 is 11.6 Å². The predicted octanol–water partition coefficient (Wildman–Crippen LogP) is 4.39. The second-order valence-electron chi connectivity index (χ2n) is 9.15. The zero-order chi connectivity index (χ0) is 21.3. The average Bonchev–Trinajstić information content (AvgIpc) is 2.79. The van der Waals surface area contributed by atoms with Crippen LogP contribution in [-0.2, 0) is 6.54 Å². The number of amidine groups is 1. The number of para-hydroxylation sites is 2. The van der Waals surface area contributed by atoms with Crippen LogP contribution in [0, 0.1) is 0 Å². The number of likely N-dealkylation sites (tertiary alicyclic amines) is 1. The second kappa shape index (κ2) is 8.81. The van der Waals surface area contributed by atoms with E-state index in [0.29, 0.717) is 12.6 Å². The molecule has 2 N–H and O–H groups in total. The highest BCUT2D eigenvalue weighted by atomic mass is 35.5. The van der Waals surface area contributed by atoms with Gasteiger partial charge < -0.3 is 20.4 Å². The summed E-state index contributed by atoms with van der Waals surface area (Å²) in [6.07, 6.45) is 4.41. The Bertz CT molecular complexity index is 944. The van der Waals surface area contributed by atoms with Crippen molar-refractivity contribution in [3.8, 4) is 0 Å². The van der Waals surface area contributed by atoms with Crippen molar-refractivity contribution in [2.24, 2.45) is 4.99 Å². The van der Waals surface area contributed by atoms with Gasteiger partial charge >= 0.3 is 0 Å². The number of benzene rings is 2. The van der Waals surface area contributed by atoms with Crippen molar-refractivity contribution in [2.45, 2.75) is 43.8 Å². The maximum atomic E-state index is 6.26. The number of piperidine rings is 2. The maximum absolute atomic E-state index is 6.26. The lowest BCUT2D eigenvalue weighted by atomic mass is 9.82. The summed E-state index contributed by atoms with van der Waals surface area (Å²) in [6, 6.07) is 17.3. The topological polar surface area (TPSA) is 42.9 Å². The summed E-state index contributed by atoms with van der Waals surface area (Å²) in [4.78, 5) is 10.4. The van der Waals surface area contributed by atoms with Gasteiger partial charge in [0.15, 0.2) is 0 Å². The van der Waals surface area contributed by atoms with Crippen LogP contribution in [0.5, 0.6) is 0 Å². The van der Waals surface area contributed by atoms with E-state index in [2.05, 4.69) is 57.8 Å². The molecule has 0 radical (unpaired) electrons. The smallest absolute Gasteiger partial charge is 0.130 e. The summed E-state index contributed by atoms with van der Waals surface area (Å²) < 4.78 is 0. The van der Waals surface area contributed by atoms with Crippen LogP contribution in [0.4, 0.5) is 11.4 Å². The normalized spacial score (nSPS) is 23.0. The summed E-state index contributed by atoms with van der Waals surface area (Å²) in [5.41, 5.74) is 3.55. The Hall–Kier alpha value is -2.08. The number of anilines is 2. The van der Waals surface area contributed by atoms with Crippen molar-refractivity contribution >= 4 is 28.8 Å². The van der Waals surface area contributed by atoms with Gasteiger partial charge in [-0.05, 0) is 88.7 Å². The number of rotatable bonds is 3. The lowest BCUT2D eigenvalue weighted by Gasteiger charge is -2.52. The molecule has 0 aliphatic carbocycles. The number of aliphatic imine (C=N–C) groups is 1. The molecule has 0 unspecified atom stereocenters. The minimum absolute atomic E-state index is 0.123. The number of fused-ring (bicyclic) bond motifs is 1. The summed E-state index contributed by atoms with van der Waals surface area (Å²) >= 11 is 6.26. The largest absolute Gasteiger partial charge is 0.371 e. The van der Waals surface area contributed by atoms with Crippen molar-refractivity contribution in [1.29, 1.82) is 0 Å². The molecule has 31 heavy (non-hydrogen) atoms. The van der Waals surface area contributed by atoms with Gasteiger partial charge in [0.2, 0.25) is 0 Å². The van der Waals surface area contributed by atoms with Gasteiger partial charge in [-0.15, -0.1) is 0 Å². The minimum atomic E-state index is -0.123. The molecule has 3 aliphatic heterocycles. The highest BCUT2D eigenvalue weighted by molar-refractivity contribution is 6.30. The highest BCUT2D eigenvalue weighted by Crippen LogP contribution is 2.42. The third-order valence-corrected chi connectivity index (χ3v) is 7.24. The average molecular weight is 438 g/mol. The molecule has 0 amide bonds. The Morgan fingerprint density at radius 1 is 1.06 bits per heavy atom. The summed E-state index contributed by atoms with van der Waals surface area (Å²) in [6.45, 7) is 4.93. The van der Waals surface area contributed by atoms with E-state index in [4.69, 9.17) is 16.6 Å². The molecule has 5 rings (SSSR count). The number of halogens is 1. The second-order valence-corrected chi connectivity index (χ2v) is 9.58. The molecule has 0 saturated carbocycles. The fraction of sp³-hybridized carbons (Fsp3) is 0.480. The Morgan fingerprint density at radius 2 is 1.84 bits per heavy atom. The van der Waals surface area contributed by atoms with Gasteiger partial charge in [0.1, 0.15) is 5.84 Å². The van der Waals surface area contributed by atoms with E-state index in [1.165, 1.54) is 17.2 Å². The molecule has 6 heteroatoms. The van der Waals surface area contributed by atoms with Crippen molar-refractivity contribution < 1.29 is 0 Å². The molecule has 5 nitrogen and oxygen atoms in total. The number of nitrogens with zero attached hydrogens (tertiary/aromatic N) is 3. The zero-order valence-electron chi connectivity index (χ0n) is 18.3. The van der Waals surface area contributed by atoms with Crippen LogP contribution < -0.4 is 15.5 Å². The van der Waals surface area contributed by atoms with Crippen molar-refractivity contribution in [1.82, 2.24) is 10.2 Å². The molecular weight excluding hydrogens is 406 g/mol. The monoisotopic (exact) mass is 437 g/mol. The highest BCUT2D eigenvalue weighted by Gasteiger charge is 2.46. The van der Waals surface area contributed by atoms with Gasteiger partial charge in [0, 0.05) is 11.1 Å². The third-order valence-electron chi connectivity index (χ3n) is 7.00. The van der Waals surface area contributed by atoms with Crippen molar-refractivity contribution in [3.63, 3.8) is 0 Å². The van der Waals surface area contributed by atoms with Crippen LogP contribution in [0.1, 0.15) is 31.2 Å². The molecule has 0 atom stereocenters. The van der Waals surface area contributed by atoms with Gasteiger partial charge in [0.25, 0.3) is 0 Å². The SMILES string of the molecule is CN1CCC(N2/C(=N/Cc3cccc(Cl)c3)C3(CCNCC3)Nc3ccccc32)CC1. The van der Waals surface area contributed by atoms with E-state index in [1.54, 1.807) is 0 Å². The van der Waals surface area contributed by atoms with E-state index in [-0.39, 0.29) is 5.54 Å². The number of hydrogen-bond acceptors (Lipinski definition) is 4. The van der Waals surface area contributed by atoms with Gasteiger partial charge in [-0.25, -0.2) is 0 Å². The lowest BCUT2D eigenvalue weighted by molar-refractivity contribution is 0.254. The van der Waals surface area contributed by atoms with Crippen LogP contribution in [0.3, 0.4) is 0 Å². The maximum Gasteiger partial charge on any atom is 0.130 e. The van der Waals surface area contributed by atoms with E-state index >= 15 is 0 Å². The van der Waals surface area contributed by atoms with E-state index < -0.39 is 0 Å². The fourth-order valence-corrected chi connectivity index (χ4v) is 5.51. The molecular formula is C25H32ClN5. The Kier molecular flexibility index (Phi) is 5.91. The zero-order valence-corrected chi connectivity index (χ0v) is 19.0. The first kappa shape index (κ1) is 20.8. The van der Waals surface area contributed by atoms with E-state index in [1.807, 2.05) is 18.2 Å². The van der Waals surface area contributed by atoms with E-state index in [0.717, 1.165) is 62.4 Å². The molecule has 2 aromatic carbocycles. The molecule has 0 aromatic heterocycles. The first-order valence-corrected chi connectivity index (χ1v) is 11.9. The molecule has 1 spiro atoms. The summed E-state index contributed by atoms with van der Waals surface area (Å²) in [7, 11) is 2.23. The quantitative estimate of drug-likeness (QED) is 0.747. The first-order chi connectivity index (χ1) is 15.1. The number of hydrogen-bond donors (Lipinski definition) is 2. The molecule has 3 heterocycles. The standard InChI is InChI=1S/C25H32ClN5/c1-30-15-9-21(10-16-30)31-23-8-3-2-7-22(23)29-25(11-13-27-14-12-25)24(31)28-18-19-5-4-6-20(26)17-19/h2-8,17,21,27,29H,9-16,18H2,1H3/b28-24+. The Balaban J connectivity index is 1.58. The van der Waals surface area contributed by atoms with Gasteiger partial charge in [-0.1, -0.05) is 35.9 Å². The predicted molar refractivity (Wildman–Crippen MR) is 130 cm³/mol.